The van der Waals surface area contributed by atoms with E-state index in [9.17, 15) is 19.2 Å². The predicted molar refractivity (Wildman–Crippen MR) is 89.6 cm³/mol. The van der Waals surface area contributed by atoms with Gasteiger partial charge in [-0.1, -0.05) is 20.8 Å². The van der Waals surface area contributed by atoms with Gasteiger partial charge in [-0.15, -0.1) is 0 Å². The van der Waals surface area contributed by atoms with Crippen LogP contribution >= 0.6 is 0 Å². The molecule has 2 rings (SSSR count). The Bertz CT molecular complexity index is 617. The van der Waals surface area contributed by atoms with E-state index >= 15 is 0 Å². The second-order valence-electron chi connectivity index (χ2n) is 8.28. The highest BCUT2D eigenvalue weighted by Gasteiger charge is 2.56. The van der Waals surface area contributed by atoms with Crippen LogP contribution in [0.1, 0.15) is 47.0 Å². The van der Waals surface area contributed by atoms with Gasteiger partial charge in [0.2, 0.25) is 5.91 Å². The van der Waals surface area contributed by atoms with Crippen LogP contribution < -0.4 is 5.32 Å². The largest absolute Gasteiger partial charge is 0.480 e. The van der Waals surface area contributed by atoms with Crippen LogP contribution in [0.4, 0.5) is 4.79 Å². The monoisotopic (exact) mass is 353 g/mol. The molecule has 0 bridgehead atoms. The highest BCUT2D eigenvalue weighted by molar-refractivity contribution is 6.09. The number of nitrogens with one attached hydrogen (secondary N) is 1. The number of hydrogen-bond acceptors (Lipinski definition) is 4. The molecular formula is C17H27N3O5. The van der Waals surface area contributed by atoms with Crippen LogP contribution in [0.5, 0.6) is 0 Å². The first kappa shape index (κ1) is 19.2. The topological polar surface area (TPSA) is 107 Å². The average molecular weight is 353 g/mol. The number of aliphatic carboxylic acids is 1. The molecule has 1 aliphatic carbocycles. The number of likely N-dealkylation sites (N-methyl/N-ethyl adjacent to an activating group) is 1. The minimum atomic E-state index is -1.15. The van der Waals surface area contributed by atoms with E-state index in [0.29, 0.717) is 12.8 Å². The lowest BCUT2D eigenvalue weighted by molar-refractivity contribution is -0.149. The summed E-state index contributed by atoms with van der Waals surface area (Å²) in [5.74, 6) is -1.84. The first-order valence-corrected chi connectivity index (χ1v) is 8.51. The van der Waals surface area contributed by atoms with Gasteiger partial charge in [0.05, 0.1) is 0 Å². The van der Waals surface area contributed by atoms with Crippen molar-refractivity contribution in [1.29, 1.82) is 0 Å². The Morgan fingerprint density at radius 3 is 2.48 bits per heavy atom. The summed E-state index contributed by atoms with van der Waals surface area (Å²) >= 11 is 0. The van der Waals surface area contributed by atoms with Crippen LogP contribution in [-0.2, 0) is 14.4 Å². The van der Waals surface area contributed by atoms with Crippen molar-refractivity contribution in [2.45, 2.75) is 58.5 Å². The molecule has 0 aromatic rings. The number of carbonyl (C=O) groups excluding carboxylic acids is 3. The molecule has 8 nitrogen and oxygen atoms in total. The van der Waals surface area contributed by atoms with Crippen LogP contribution in [0, 0.1) is 11.3 Å². The van der Waals surface area contributed by atoms with Gasteiger partial charge in [0, 0.05) is 7.05 Å². The molecule has 3 atom stereocenters. The van der Waals surface area contributed by atoms with E-state index < -0.39 is 36.0 Å². The lowest BCUT2D eigenvalue weighted by atomic mass is 9.64. The van der Waals surface area contributed by atoms with Gasteiger partial charge in [0.1, 0.15) is 18.1 Å². The smallest absolute Gasteiger partial charge is 0.326 e. The Labute approximate surface area is 147 Å². The van der Waals surface area contributed by atoms with Crippen molar-refractivity contribution in [2.24, 2.45) is 11.3 Å². The average Bonchev–Trinajstić information content (AvgIpc) is 2.66. The summed E-state index contributed by atoms with van der Waals surface area (Å²) in [5.41, 5.74) is -1.05. The maximum absolute atomic E-state index is 12.9. The normalized spacial score (nSPS) is 29.5. The van der Waals surface area contributed by atoms with Gasteiger partial charge in [-0.05, 0) is 37.5 Å². The number of imide groups is 1. The molecule has 2 aliphatic rings. The molecule has 0 aromatic carbocycles. The zero-order chi connectivity index (χ0) is 19.2. The number of amides is 4. The molecule has 0 aromatic heterocycles. The van der Waals surface area contributed by atoms with Gasteiger partial charge < -0.3 is 15.3 Å². The van der Waals surface area contributed by atoms with E-state index in [0.717, 1.165) is 16.2 Å². The molecule has 8 heteroatoms. The van der Waals surface area contributed by atoms with E-state index in [4.69, 9.17) is 5.11 Å². The van der Waals surface area contributed by atoms with Crippen molar-refractivity contribution in [3.63, 3.8) is 0 Å². The predicted octanol–water partition coefficient (Wildman–Crippen LogP) is 1.05. The molecule has 1 heterocycles. The molecule has 1 spiro atoms. The number of carboxylic acid groups (broad SMARTS) is 1. The van der Waals surface area contributed by atoms with Crippen LogP contribution in [0.25, 0.3) is 0 Å². The van der Waals surface area contributed by atoms with E-state index in [2.05, 4.69) is 26.1 Å². The summed E-state index contributed by atoms with van der Waals surface area (Å²) in [7, 11) is 1.35. The minimum Gasteiger partial charge on any atom is -0.480 e. The van der Waals surface area contributed by atoms with E-state index in [1.54, 1.807) is 0 Å². The molecule has 3 unspecified atom stereocenters. The summed E-state index contributed by atoms with van der Waals surface area (Å²) in [4.78, 5) is 50.5. The Balaban J connectivity index is 2.16. The zero-order valence-corrected chi connectivity index (χ0v) is 15.5. The lowest BCUT2D eigenvalue weighted by Gasteiger charge is -2.43. The molecular weight excluding hydrogens is 326 g/mol. The SMILES string of the molecule is CC1CC(C)(C)CC2(C1)NC(=O)N(CC(=O)N(C)C(C)C(=O)O)C2=O. The Kier molecular flexibility index (Phi) is 4.85. The summed E-state index contributed by atoms with van der Waals surface area (Å²) in [6.07, 6.45) is 2.05. The van der Waals surface area contributed by atoms with Crippen molar-refractivity contribution in [3.8, 4) is 0 Å². The fourth-order valence-corrected chi connectivity index (χ4v) is 4.28. The molecule has 1 saturated heterocycles. The Hall–Kier alpha value is -2.12. The van der Waals surface area contributed by atoms with Crippen molar-refractivity contribution in [3.05, 3.63) is 0 Å². The third kappa shape index (κ3) is 3.62. The molecule has 1 saturated carbocycles. The van der Waals surface area contributed by atoms with Crippen molar-refractivity contribution in [1.82, 2.24) is 15.1 Å². The number of carboxylic acids is 1. The van der Waals surface area contributed by atoms with E-state index in [1.165, 1.54) is 14.0 Å². The van der Waals surface area contributed by atoms with Crippen molar-refractivity contribution in [2.75, 3.05) is 13.6 Å². The highest BCUT2D eigenvalue weighted by Crippen LogP contribution is 2.46. The van der Waals surface area contributed by atoms with Crippen molar-refractivity contribution < 1.29 is 24.3 Å². The second kappa shape index (κ2) is 6.31. The van der Waals surface area contributed by atoms with E-state index in [-0.39, 0.29) is 17.2 Å². The summed E-state index contributed by atoms with van der Waals surface area (Å²) in [5, 5.41) is 11.8. The first-order chi connectivity index (χ1) is 11.4. The van der Waals surface area contributed by atoms with Gasteiger partial charge >= 0.3 is 12.0 Å². The van der Waals surface area contributed by atoms with Crippen LogP contribution in [-0.4, -0.2) is 63.9 Å². The Morgan fingerprint density at radius 2 is 1.96 bits per heavy atom. The van der Waals surface area contributed by atoms with Gasteiger partial charge in [-0.2, -0.15) is 0 Å². The first-order valence-electron chi connectivity index (χ1n) is 8.51. The molecule has 2 N–H and O–H groups in total. The third-order valence-corrected chi connectivity index (χ3v) is 5.25. The summed E-state index contributed by atoms with van der Waals surface area (Å²) in [6.45, 7) is 7.12. The molecule has 140 valence electrons. The van der Waals surface area contributed by atoms with Gasteiger partial charge in [0.15, 0.2) is 0 Å². The van der Waals surface area contributed by atoms with E-state index in [1.807, 2.05) is 0 Å². The van der Waals surface area contributed by atoms with Crippen LogP contribution in [0.3, 0.4) is 0 Å². The molecule has 2 fully saturated rings. The molecule has 25 heavy (non-hydrogen) atoms. The number of urea groups is 1. The summed E-state index contributed by atoms with van der Waals surface area (Å²) < 4.78 is 0. The number of hydrogen-bond donors (Lipinski definition) is 2. The zero-order valence-electron chi connectivity index (χ0n) is 15.5. The number of rotatable bonds is 4. The quantitative estimate of drug-likeness (QED) is 0.735. The van der Waals surface area contributed by atoms with Crippen LogP contribution in [0.2, 0.25) is 0 Å². The Morgan fingerprint density at radius 1 is 1.36 bits per heavy atom. The molecule has 4 amide bonds. The van der Waals surface area contributed by atoms with Gasteiger partial charge in [0.25, 0.3) is 5.91 Å². The third-order valence-electron chi connectivity index (χ3n) is 5.25. The number of carbonyl (C=O) groups is 4. The number of nitrogens with zero attached hydrogens (tertiary/aromatic N) is 2. The minimum absolute atomic E-state index is 0.0881. The maximum atomic E-state index is 12.9. The highest BCUT2D eigenvalue weighted by atomic mass is 16.4. The molecule has 1 aliphatic heterocycles. The van der Waals surface area contributed by atoms with Gasteiger partial charge in [-0.3, -0.25) is 14.5 Å². The fourth-order valence-electron chi connectivity index (χ4n) is 4.28. The van der Waals surface area contributed by atoms with Crippen molar-refractivity contribution >= 4 is 23.8 Å². The lowest BCUT2D eigenvalue weighted by Crippen LogP contribution is -2.54. The maximum Gasteiger partial charge on any atom is 0.326 e. The van der Waals surface area contributed by atoms with Crippen LogP contribution in [0.15, 0.2) is 0 Å². The molecule has 0 radical (unpaired) electrons. The fraction of sp³-hybridized carbons (Fsp3) is 0.765. The standard InChI is InChI=1S/C17H27N3O5/c1-10-6-16(3,4)9-17(7-10)14(24)20(15(25)18-17)8-12(21)19(5)11(2)13(22)23/h10-11H,6-9H2,1-5H3,(H,18,25)(H,22,23). The second-order valence-corrected chi connectivity index (χ2v) is 8.28. The van der Waals surface area contributed by atoms with Gasteiger partial charge in [-0.25, -0.2) is 9.59 Å². The summed E-state index contributed by atoms with van der Waals surface area (Å²) in [6, 6.07) is -1.62.